The van der Waals surface area contributed by atoms with Gasteiger partial charge in [-0.2, -0.15) is 5.10 Å². The van der Waals surface area contributed by atoms with E-state index in [4.69, 9.17) is 19.3 Å². The summed E-state index contributed by atoms with van der Waals surface area (Å²) in [6.45, 7) is 7.88. The zero-order chi connectivity index (χ0) is 24.4. The minimum absolute atomic E-state index is 0.236. The van der Waals surface area contributed by atoms with Crippen molar-refractivity contribution in [3.05, 3.63) is 89.3 Å². The summed E-state index contributed by atoms with van der Waals surface area (Å²) in [4.78, 5) is 5.92. The van der Waals surface area contributed by atoms with Gasteiger partial charge in [0.2, 0.25) is 0 Å². The Hall–Kier alpha value is -3.55. The van der Waals surface area contributed by atoms with Crippen molar-refractivity contribution in [3.8, 4) is 5.75 Å². The average molecular weight is 485 g/mol. The van der Waals surface area contributed by atoms with Crippen molar-refractivity contribution in [3.63, 3.8) is 0 Å². The molecular weight excluding hydrogens is 452 g/mol. The van der Waals surface area contributed by atoms with E-state index in [-0.39, 0.29) is 5.54 Å². The number of hydrazone groups is 1. The molecule has 186 valence electrons. The second-order valence-electron chi connectivity index (χ2n) is 9.78. The van der Waals surface area contributed by atoms with Crippen LogP contribution in [0.5, 0.6) is 5.75 Å². The summed E-state index contributed by atoms with van der Waals surface area (Å²) in [5.74, 6) is 1.77. The van der Waals surface area contributed by atoms with E-state index in [0.29, 0.717) is 13.2 Å². The Kier molecular flexibility index (Phi) is 6.25. The fourth-order valence-corrected chi connectivity index (χ4v) is 4.94. The summed E-state index contributed by atoms with van der Waals surface area (Å²) >= 11 is 0. The van der Waals surface area contributed by atoms with Crippen molar-refractivity contribution in [2.45, 2.75) is 25.5 Å². The molecule has 7 nitrogen and oxygen atoms in total. The number of fused-ring (bicyclic) bond motifs is 2. The maximum Gasteiger partial charge on any atom is 0.120 e. The zero-order valence-corrected chi connectivity index (χ0v) is 20.6. The third-order valence-corrected chi connectivity index (χ3v) is 7.14. The molecule has 0 amide bonds. The summed E-state index contributed by atoms with van der Waals surface area (Å²) in [7, 11) is 0. The lowest BCUT2D eigenvalue weighted by molar-refractivity contribution is 0.0322. The first-order chi connectivity index (χ1) is 17.7. The van der Waals surface area contributed by atoms with E-state index in [1.54, 1.807) is 0 Å². The molecule has 3 aromatic rings. The van der Waals surface area contributed by atoms with Crippen LogP contribution in [0.1, 0.15) is 24.6 Å². The van der Waals surface area contributed by atoms with Crippen LogP contribution in [0.4, 0.5) is 0 Å². The Morgan fingerprint density at radius 1 is 1.06 bits per heavy atom. The highest BCUT2D eigenvalue weighted by molar-refractivity contribution is 6.16. The van der Waals surface area contributed by atoms with Crippen LogP contribution in [0.25, 0.3) is 10.9 Å². The van der Waals surface area contributed by atoms with Crippen molar-refractivity contribution in [1.29, 1.82) is 0 Å². The normalized spacial score (nSPS) is 21.9. The van der Waals surface area contributed by atoms with Crippen molar-refractivity contribution in [2.24, 2.45) is 5.10 Å². The van der Waals surface area contributed by atoms with Gasteiger partial charge in [0.25, 0.3) is 0 Å². The third kappa shape index (κ3) is 4.76. The number of aromatic amines is 1. The second kappa shape index (κ2) is 9.84. The molecule has 36 heavy (non-hydrogen) atoms. The lowest BCUT2D eigenvalue weighted by Gasteiger charge is -2.28. The molecule has 6 rings (SSSR count). The van der Waals surface area contributed by atoms with Crippen LogP contribution >= 0.6 is 0 Å². The number of rotatable bonds is 8. The molecule has 3 aliphatic rings. The van der Waals surface area contributed by atoms with Crippen LogP contribution in [0, 0.1) is 0 Å². The fraction of sp³-hybridized carbons (Fsp3) is 0.345. The van der Waals surface area contributed by atoms with E-state index < -0.39 is 0 Å². The maximum absolute atomic E-state index is 6.13. The highest BCUT2D eigenvalue weighted by Gasteiger charge is 2.39. The Labute approximate surface area is 211 Å². The molecule has 0 radical (unpaired) electrons. The number of nitrogens with zero attached hydrogens (tertiary/aromatic N) is 2. The third-order valence-electron chi connectivity index (χ3n) is 7.14. The minimum Gasteiger partial charge on any atom is -0.492 e. The Morgan fingerprint density at radius 2 is 1.92 bits per heavy atom. The summed E-state index contributed by atoms with van der Waals surface area (Å²) in [6.07, 6.45) is 5.08. The monoisotopic (exact) mass is 484 g/mol. The largest absolute Gasteiger partial charge is 0.492 e. The highest BCUT2D eigenvalue weighted by Crippen LogP contribution is 2.36. The molecule has 0 spiro atoms. The summed E-state index contributed by atoms with van der Waals surface area (Å²) < 4.78 is 17.6. The van der Waals surface area contributed by atoms with Crippen LogP contribution in [0.3, 0.4) is 0 Å². The summed E-state index contributed by atoms with van der Waals surface area (Å²) in [5.41, 5.74) is 8.39. The van der Waals surface area contributed by atoms with Gasteiger partial charge >= 0.3 is 0 Å². The van der Waals surface area contributed by atoms with Crippen LogP contribution in [-0.4, -0.2) is 60.6 Å². The molecule has 0 bridgehead atoms. The SMILES string of the molecule is CC12CC=C(OCc3ccccc3)C=C1C(c1cc3cc(OCCN4CCOCC4)ccc3[nH]1)=NN2. The van der Waals surface area contributed by atoms with Gasteiger partial charge in [-0.15, -0.1) is 0 Å². The molecule has 1 fully saturated rings. The van der Waals surface area contributed by atoms with Gasteiger partial charge in [0.15, 0.2) is 0 Å². The second-order valence-corrected chi connectivity index (χ2v) is 9.78. The van der Waals surface area contributed by atoms with Crippen LogP contribution < -0.4 is 10.2 Å². The van der Waals surface area contributed by atoms with Crippen molar-refractivity contribution >= 4 is 16.6 Å². The molecule has 2 N–H and O–H groups in total. The minimum atomic E-state index is -0.236. The number of ether oxygens (including phenoxy) is 3. The Bertz CT molecular complexity index is 1320. The van der Waals surface area contributed by atoms with Gasteiger partial charge in [-0.25, -0.2) is 0 Å². The molecule has 1 unspecified atom stereocenters. The van der Waals surface area contributed by atoms with Crippen LogP contribution in [0.15, 0.2) is 83.2 Å². The van der Waals surface area contributed by atoms with E-state index in [1.165, 1.54) is 0 Å². The number of nitrogens with one attached hydrogen (secondary N) is 2. The van der Waals surface area contributed by atoms with Gasteiger partial charge in [0.05, 0.1) is 24.4 Å². The van der Waals surface area contributed by atoms with Crippen LogP contribution in [-0.2, 0) is 16.1 Å². The topological polar surface area (TPSA) is 71.1 Å². The van der Waals surface area contributed by atoms with E-state index >= 15 is 0 Å². The van der Waals surface area contributed by atoms with E-state index in [1.807, 2.05) is 24.3 Å². The van der Waals surface area contributed by atoms with Gasteiger partial charge in [0, 0.05) is 36.1 Å². The first-order valence-electron chi connectivity index (χ1n) is 12.7. The van der Waals surface area contributed by atoms with E-state index in [9.17, 15) is 0 Å². The van der Waals surface area contributed by atoms with Crippen molar-refractivity contribution in [2.75, 3.05) is 39.5 Å². The van der Waals surface area contributed by atoms with E-state index in [0.717, 1.165) is 84.2 Å². The maximum atomic E-state index is 6.13. The fourth-order valence-electron chi connectivity index (χ4n) is 4.94. The molecular formula is C29H32N4O3. The standard InChI is InChI=1S/C29H32N4O3/c1-29-10-9-24(36-20-21-5-3-2-4-6-21)19-25(29)28(31-32-29)27-18-22-17-23(7-8-26(22)30-27)35-16-13-33-11-14-34-15-12-33/h2-9,17-19,30,32H,10-16,20H2,1H3. The van der Waals surface area contributed by atoms with Crippen molar-refractivity contribution < 1.29 is 14.2 Å². The summed E-state index contributed by atoms with van der Waals surface area (Å²) in [5, 5.41) is 5.83. The van der Waals surface area contributed by atoms with Crippen molar-refractivity contribution in [1.82, 2.24) is 15.3 Å². The first kappa shape index (κ1) is 22.9. The van der Waals surface area contributed by atoms with Gasteiger partial charge in [-0.05, 0) is 55.3 Å². The number of H-pyrrole nitrogens is 1. The molecule has 1 atom stereocenters. The molecule has 3 heterocycles. The number of allylic oxidation sites excluding steroid dienone is 1. The van der Waals surface area contributed by atoms with Gasteiger partial charge < -0.3 is 19.2 Å². The van der Waals surface area contributed by atoms with Gasteiger partial charge in [-0.3, -0.25) is 10.3 Å². The molecule has 7 heteroatoms. The lowest BCUT2D eigenvalue weighted by atomic mass is 9.82. The number of hydrogen-bond donors (Lipinski definition) is 2. The Balaban J connectivity index is 1.15. The Morgan fingerprint density at radius 3 is 2.78 bits per heavy atom. The molecule has 1 saturated heterocycles. The molecule has 2 aliphatic heterocycles. The summed E-state index contributed by atoms with van der Waals surface area (Å²) in [6, 6.07) is 18.6. The van der Waals surface area contributed by atoms with Gasteiger partial charge in [-0.1, -0.05) is 30.3 Å². The number of hydrogen-bond acceptors (Lipinski definition) is 6. The molecule has 1 aromatic heterocycles. The van der Waals surface area contributed by atoms with Crippen LogP contribution in [0.2, 0.25) is 0 Å². The predicted octanol–water partition coefficient (Wildman–Crippen LogP) is 4.38. The number of morpholine rings is 1. The lowest BCUT2D eigenvalue weighted by Crippen LogP contribution is -2.38. The smallest absolute Gasteiger partial charge is 0.120 e. The average Bonchev–Trinajstić information content (AvgIpc) is 3.49. The molecule has 0 saturated carbocycles. The quantitative estimate of drug-likeness (QED) is 0.497. The highest BCUT2D eigenvalue weighted by atomic mass is 16.5. The molecule has 2 aromatic carbocycles. The first-order valence-corrected chi connectivity index (χ1v) is 12.7. The zero-order valence-electron chi connectivity index (χ0n) is 20.6. The predicted molar refractivity (Wildman–Crippen MR) is 141 cm³/mol. The van der Waals surface area contributed by atoms with E-state index in [2.05, 4.69) is 64.7 Å². The van der Waals surface area contributed by atoms with Gasteiger partial charge in [0.1, 0.15) is 30.4 Å². The number of benzene rings is 2. The molecule has 1 aliphatic carbocycles. The number of aromatic nitrogens is 1.